The van der Waals surface area contributed by atoms with Gasteiger partial charge in [-0.15, -0.1) is 0 Å². The van der Waals surface area contributed by atoms with E-state index < -0.39 is 85.0 Å². The van der Waals surface area contributed by atoms with Gasteiger partial charge in [0.2, 0.25) is 5.91 Å². The van der Waals surface area contributed by atoms with E-state index in [4.69, 9.17) is 17.3 Å². The molecule has 0 radical (unpaired) electrons. The predicted molar refractivity (Wildman–Crippen MR) is 238 cm³/mol. The first-order chi connectivity index (χ1) is 30.2. The minimum atomic E-state index is -4.95. The minimum Gasteiger partial charge on any atom is -0.346 e. The van der Waals surface area contributed by atoms with Gasteiger partial charge in [0, 0.05) is 39.5 Å². The Morgan fingerprint density at radius 1 is 0.969 bits per heavy atom. The Morgan fingerprint density at radius 2 is 1.57 bits per heavy atom. The van der Waals surface area contributed by atoms with Crippen molar-refractivity contribution >= 4 is 63.8 Å². The molecule has 2 aromatic carbocycles. The molecule has 10 nitrogen and oxygen atoms in total. The molecule has 22 heteroatoms. The largest absolute Gasteiger partial charge is 0.435 e. The maximum Gasteiger partial charge on any atom is 0.435 e. The third kappa shape index (κ3) is 12.9. The highest BCUT2D eigenvalue weighted by Gasteiger charge is 2.47. The Hall–Kier alpha value is -4.47. The predicted octanol–water partition coefficient (Wildman–Crippen LogP) is 11.1. The molecule has 2 atom stereocenters. The van der Waals surface area contributed by atoms with Crippen LogP contribution in [0.2, 0.25) is 5.02 Å². The van der Waals surface area contributed by atoms with E-state index in [-0.39, 0.29) is 62.5 Å². The zero-order chi connectivity index (χ0) is 49.0. The van der Waals surface area contributed by atoms with Gasteiger partial charge in [-0.05, 0) is 81.1 Å². The lowest BCUT2D eigenvalue weighted by molar-refractivity contribution is -0.142. The number of carbonyl (C=O) groups excluding carboxylic acids is 2. The second-order valence-corrected chi connectivity index (χ2v) is 18.6. The number of aromatic nitrogens is 5. The zero-order valence-corrected chi connectivity index (χ0v) is 39.4. The fourth-order valence-corrected chi connectivity index (χ4v) is 7.88. The SMILES string of the molecule is CC.CSC(C)(C)C.CSN(C(=O)CN)c1nn(CC(F)(F)F)c2c(-c3ccc(C)nc3C(Cc3cc(F)cc(F)c3)NC(=O)Cn3nc(C(F)(F)F)c4c3C(C)(F)CC4)ccc(Cl)c12. The monoisotopic (exact) mass is 980 g/mol. The van der Waals surface area contributed by atoms with Crippen molar-refractivity contribution in [3.63, 3.8) is 0 Å². The summed E-state index contributed by atoms with van der Waals surface area (Å²) in [7, 11) is 0. The Labute approximate surface area is 384 Å². The summed E-state index contributed by atoms with van der Waals surface area (Å²) in [5, 5.41) is 10.2. The van der Waals surface area contributed by atoms with Crippen LogP contribution in [-0.4, -0.2) is 66.3 Å². The number of aryl methyl sites for hydroxylation is 1. The standard InChI is InChI=1S/C36H32ClF9N8O2S.C5H12S.C2H6/c1-17-4-5-21(22-6-7-24(37)28-30(22)53(16-35(41,42)43)51-33(28)54(57-3)27(56)14-47)29(48-17)25(12-18-10-19(38)13-20(39)11-18)49-26(55)15-52-32-23(8-9-34(32,2)40)31(50-52)36(44,45)46;1-5(2,3)6-4;1-2/h4-7,10-11,13,25H,8-9,12,14-16,47H2,1-3H3,(H,49,55);1-4H3;1-2H3. The van der Waals surface area contributed by atoms with Crippen LogP contribution in [0.25, 0.3) is 22.0 Å². The Bertz CT molecular complexity index is 2480. The number of benzene rings is 2. The quantitative estimate of drug-likeness (QED) is 0.0991. The number of alkyl halides is 7. The summed E-state index contributed by atoms with van der Waals surface area (Å²) in [5.74, 6) is -3.92. The lowest BCUT2D eigenvalue weighted by Crippen LogP contribution is -2.35. The van der Waals surface area contributed by atoms with Crippen molar-refractivity contribution in [1.29, 1.82) is 0 Å². The van der Waals surface area contributed by atoms with Crippen molar-refractivity contribution in [3.8, 4) is 11.1 Å². The van der Waals surface area contributed by atoms with Gasteiger partial charge < -0.3 is 11.1 Å². The van der Waals surface area contributed by atoms with Crippen LogP contribution in [0.3, 0.4) is 0 Å². The van der Waals surface area contributed by atoms with Gasteiger partial charge in [-0.25, -0.2) is 17.5 Å². The number of hydrogen-bond donors (Lipinski definition) is 2. The van der Waals surface area contributed by atoms with Gasteiger partial charge in [-0.3, -0.25) is 23.9 Å². The van der Waals surface area contributed by atoms with Gasteiger partial charge in [-0.2, -0.15) is 48.3 Å². The number of carbonyl (C=O) groups is 2. The number of hydrogen-bond acceptors (Lipinski definition) is 8. The Kier molecular flexibility index (Phi) is 17.2. The molecule has 356 valence electrons. The summed E-state index contributed by atoms with van der Waals surface area (Å²) >= 11 is 9.29. The molecule has 5 aromatic rings. The van der Waals surface area contributed by atoms with Gasteiger partial charge in [0.15, 0.2) is 11.5 Å². The second kappa shape index (κ2) is 21.0. The first kappa shape index (κ1) is 53.1. The highest BCUT2D eigenvalue weighted by molar-refractivity contribution is 8.00. The van der Waals surface area contributed by atoms with Crippen LogP contribution in [0.15, 0.2) is 42.5 Å². The van der Waals surface area contributed by atoms with Gasteiger partial charge in [0.25, 0.3) is 5.91 Å². The normalized spacial score (nSPS) is 15.4. The molecular weight excluding hydrogens is 931 g/mol. The molecule has 0 fully saturated rings. The molecule has 65 heavy (non-hydrogen) atoms. The van der Waals surface area contributed by atoms with Crippen molar-refractivity contribution in [2.75, 3.05) is 23.4 Å². The van der Waals surface area contributed by atoms with Gasteiger partial charge >= 0.3 is 12.4 Å². The molecule has 3 N–H and O–H groups in total. The Morgan fingerprint density at radius 3 is 2.11 bits per heavy atom. The number of nitrogens with one attached hydrogen (secondary N) is 1. The van der Waals surface area contributed by atoms with Crippen LogP contribution in [0.4, 0.5) is 45.3 Å². The van der Waals surface area contributed by atoms with E-state index >= 15 is 4.39 Å². The lowest BCUT2D eigenvalue weighted by atomic mass is 9.93. The third-order valence-electron chi connectivity index (χ3n) is 9.87. The molecule has 1 aliphatic carbocycles. The van der Waals surface area contributed by atoms with Crippen LogP contribution in [0, 0.1) is 18.6 Å². The first-order valence-corrected chi connectivity index (χ1v) is 22.9. The molecule has 0 bridgehead atoms. The van der Waals surface area contributed by atoms with Crippen molar-refractivity contribution in [2.45, 2.75) is 110 Å². The molecule has 1 aliphatic rings. The van der Waals surface area contributed by atoms with Crippen LogP contribution in [-0.2, 0) is 47.4 Å². The summed E-state index contributed by atoms with van der Waals surface area (Å²) in [4.78, 5) is 31.2. The molecule has 3 aromatic heterocycles. The van der Waals surface area contributed by atoms with Crippen LogP contribution < -0.4 is 15.4 Å². The van der Waals surface area contributed by atoms with Crippen molar-refractivity contribution < 1.29 is 49.1 Å². The zero-order valence-electron chi connectivity index (χ0n) is 37.0. The summed E-state index contributed by atoms with van der Waals surface area (Å²) in [6.07, 6.45) is -7.15. The molecular formula is C43H50ClF9N8O2S2. The molecule has 6 rings (SSSR count). The summed E-state index contributed by atoms with van der Waals surface area (Å²) in [5.41, 5.74) is 1.34. The maximum absolute atomic E-state index is 15.6. The number of amides is 2. The van der Waals surface area contributed by atoms with E-state index in [2.05, 4.69) is 47.5 Å². The fourth-order valence-electron chi connectivity index (χ4n) is 7.06. The molecule has 0 aliphatic heterocycles. The molecule has 0 saturated carbocycles. The lowest BCUT2D eigenvalue weighted by Gasteiger charge is -2.23. The second-order valence-electron chi connectivity index (χ2n) is 15.8. The average Bonchev–Trinajstić information content (AvgIpc) is 3.86. The van der Waals surface area contributed by atoms with E-state index in [0.29, 0.717) is 25.9 Å². The number of anilines is 1. The number of pyridine rings is 1. The number of rotatable bonds is 11. The highest BCUT2D eigenvalue weighted by Crippen LogP contribution is 2.46. The molecule has 2 unspecified atom stereocenters. The van der Waals surface area contributed by atoms with E-state index in [1.807, 2.05) is 25.6 Å². The first-order valence-electron chi connectivity index (χ1n) is 20.1. The molecule has 3 heterocycles. The Balaban J connectivity index is 0.00000107. The summed E-state index contributed by atoms with van der Waals surface area (Å²) < 4.78 is 131. The third-order valence-corrected chi connectivity index (χ3v) is 12.2. The average molecular weight is 981 g/mol. The molecule has 0 spiro atoms. The van der Waals surface area contributed by atoms with E-state index in [0.717, 1.165) is 35.3 Å². The van der Waals surface area contributed by atoms with E-state index in [9.17, 15) is 44.7 Å². The van der Waals surface area contributed by atoms with E-state index in [1.54, 1.807) is 6.92 Å². The topological polar surface area (TPSA) is 124 Å². The fraction of sp³-hybridized carbons (Fsp3) is 0.465. The van der Waals surface area contributed by atoms with Gasteiger partial charge in [-0.1, -0.05) is 58.4 Å². The van der Waals surface area contributed by atoms with Crippen LogP contribution >= 0.6 is 35.3 Å². The van der Waals surface area contributed by atoms with Gasteiger partial charge in [0.05, 0.1) is 39.9 Å². The van der Waals surface area contributed by atoms with Crippen molar-refractivity contribution in [2.24, 2.45) is 5.73 Å². The summed E-state index contributed by atoms with van der Waals surface area (Å²) in [6.45, 7) is 10.2. The van der Waals surface area contributed by atoms with E-state index in [1.165, 1.54) is 30.5 Å². The van der Waals surface area contributed by atoms with Crippen LogP contribution in [0.1, 0.15) is 87.9 Å². The van der Waals surface area contributed by atoms with Crippen LogP contribution in [0.5, 0.6) is 0 Å². The summed E-state index contributed by atoms with van der Waals surface area (Å²) in [6, 6.07) is 6.86. The van der Waals surface area contributed by atoms with Gasteiger partial charge in [0.1, 0.15) is 30.4 Å². The number of fused-ring (bicyclic) bond motifs is 2. The molecule has 2 amide bonds. The molecule has 0 saturated heterocycles. The minimum absolute atomic E-state index is 0.00992. The van der Waals surface area contributed by atoms with Crippen molar-refractivity contribution in [3.05, 3.63) is 93.0 Å². The number of nitrogens with zero attached hydrogens (tertiary/aromatic N) is 6. The smallest absolute Gasteiger partial charge is 0.346 e. The number of thioether (sulfide) groups is 1. The maximum atomic E-state index is 15.6. The van der Waals surface area contributed by atoms with Crippen molar-refractivity contribution in [1.82, 2.24) is 29.9 Å². The number of nitrogens with two attached hydrogens (primary N) is 1. The number of halogens is 10. The highest BCUT2D eigenvalue weighted by atomic mass is 35.5.